The lowest BCUT2D eigenvalue weighted by Gasteiger charge is -2.34. The zero-order valence-corrected chi connectivity index (χ0v) is 19.6. The second-order valence-corrected chi connectivity index (χ2v) is 8.74. The van der Waals surface area contributed by atoms with Crippen molar-refractivity contribution in [2.75, 3.05) is 38.3 Å². The standard InChI is InChI=1S/C27H31N5O2/c1-34-17-7-14-29-27(33)22(19-28)25-26(31-24-11-6-5-10-23(24)30-25)32-15-12-21(13-16-32)18-20-8-3-2-4-9-20/h2-6,8-11,21-22H,7,12-18H2,1H3,(H,29,33)/t22-/m1/s1. The number of carbonyl (C=O) groups excluding carboxylic acids is 1. The molecular formula is C27H31N5O2. The van der Waals surface area contributed by atoms with Crippen LogP contribution in [0.15, 0.2) is 54.6 Å². The second kappa shape index (κ2) is 11.6. The molecule has 0 bridgehead atoms. The van der Waals surface area contributed by atoms with Gasteiger partial charge in [-0.25, -0.2) is 9.97 Å². The smallest absolute Gasteiger partial charge is 0.243 e. The number of piperidine rings is 1. The maximum Gasteiger partial charge on any atom is 0.243 e. The highest BCUT2D eigenvalue weighted by Gasteiger charge is 2.30. The Hall–Kier alpha value is -3.50. The monoisotopic (exact) mass is 457 g/mol. The molecule has 1 N–H and O–H groups in total. The Morgan fingerprint density at radius 2 is 1.79 bits per heavy atom. The summed E-state index contributed by atoms with van der Waals surface area (Å²) < 4.78 is 5.04. The van der Waals surface area contributed by atoms with Gasteiger partial charge in [-0.15, -0.1) is 0 Å². The summed E-state index contributed by atoms with van der Waals surface area (Å²) >= 11 is 0. The van der Waals surface area contributed by atoms with Crippen LogP contribution in [0.4, 0.5) is 5.82 Å². The first-order valence-electron chi connectivity index (χ1n) is 11.9. The van der Waals surface area contributed by atoms with Gasteiger partial charge in [0.05, 0.1) is 17.1 Å². The first-order chi connectivity index (χ1) is 16.7. The molecule has 34 heavy (non-hydrogen) atoms. The minimum Gasteiger partial charge on any atom is -0.385 e. The number of methoxy groups -OCH3 is 1. The van der Waals surface area contributed by atoms with Crippen LogP contribution in [0.25, 0.3) is 11.0 Å². The highest BCUT2D eigenvalue weighted by molar-refractivity contribution is 5.88. The number of nitriles is 1. The number of carbonyl (C=O) groups is 1. The maximum absolute atomic E-state index is 12.9. The summed E-state index contributed by atoms with van der Waals surface area (Å²) in [6.45, 7) is 2.65. The lowest BCUT2D eigenvalue weighted by molar-refractivity contribution is -0.121. The van der Waals surface area contributed by atoms with Crippen molar-refractivity contribution in [2.45, 2.75) is 31.6 Å². The number of para-hydroxylation sites is 2. The summed E-state index contributed by atoms with van der Waals surface area (Å²) in [5.41, 5.74) is 3.26. The molecule has 0 radical (unpaired) electrons. The molecule has 1 aromatic heterocycles. The SMILES string of the molecule is COCCCNC(=O)[C@H](C#N)c1nc2ccccc2nc1N1CCC(Cc2ccccc2)CC1. The Kier molecular flexibility index (Phi) is 8.05. The van der Waals surface area contributed by atoms with Crippen molar-refractivity contribution in [3.8, 4) is 6.07 Å². The van der Waals surface area contributed by atoms with E-state index < -0.39 is 5.92 Å². The number of nitrogens with zero attached hydrogens (tertiary/aromatic N) is 4. The molecule has 0 aliphatic carbocycles. The second-order valence-electron chi connectivity index (χ2n) is 8.74. The molecule has 1 atom stereocenters. The molecule has 2 aromatic carbocycles. The third-order valence-electron chi connectivity index (χ3n) is 6.35. The number of amides is 1. The summed E-state index contributed by atoms with van der Waals surface area (Å²) in [5.74, 6) is -0.109. The van der Waals surface area contributed by atoms with Gasteiger partial charge < -0.3 is 15.0 Å². The Morgan fingerprint density at radius 3 is 2.47 bits per heavy atom. The molecule has 7 nitrogen and oxygen atoms in total. The van der Waals surface area contributed by atoms with Crippen molar-refractivity contribution in [2.24, 2.45) is 5.92 Å². The number of hydrogen-bond donors (Lipinski definition) is 1. The van der Waals surface area contributed by atoms with Gasteiger partial charge in [0.15, 0.2) is 11.7 Å². The summed E-state index contributed by atoms with van der Waals surface area (Å²) in [7, 11) is 1.62. The lowest BCUT2D eigenvalue weighted by atomic mass is 9.90. The third kappa shape index (κ3) is 5.70. The minimum atomic E-state index is -1.02. The van der Waals surface area contributed by atoms with Gasteiger partial charge in [-0.05, 0) is 49.3 Å². The van der Waals surface area contributed by atoms with Crippen LogP contribution < -0.4 is 10.2 Å². The van der Waals surface area contributed by atoms with E-state index in [1.807, 2.05) is 30.3 Å². The van der Waals surface area contributed by atoms with E-state index in [0.717, 1.165) is 37.9 Å². The number of fused-ring (bicyclic) bond motifs is 1. The van der Waals surface area contributed by atoms with E-state index in [2.05, 4.69) is 40.6 Å². The fraction of sp³-hybridized carbons (Fsp3) is 0.407. The van der Waals surface area contributed by atoms with E-state index in [4.69, 9.17) is 14.7 Å². The molecule has 1 aliphatic rings. The zero-order chi connectivity index (χ0) is 23.8. The fourth-order valence-electron chi connectivity index (χ4n) is 4.50. The van der Waals surface area contributed by atoms with Gasteiger partial charge in [-0.2, -0.15) is 5.26 Å². The van der Waals surface area contributed by atoms with Crippen LogP contribution in [0.5, 0.6) is 0 Å². The molecule has 0 spiro atoms. The fourth-order valence-corrected chi connectivity index (χ4v) is 4.50. The summed E-state index contributed by atoms with van der Waals surface area (Å²) in [5, 5.41) is 12.8. The quantitative estimate of drug-likeness (QED) is 0.491. The molecule has 0 unspecified atom stereocenters. The number of benzene rings is 2. The Bertz CT molecular complexity index is 1140. The van der Waals surface area contributed by atoms with E-state index in [9.17, 15) is 10.1 Å². The molecule has 1 aliphatic heterocycles. The topological polar surface area (TPSA) is 91.1 Å². The minimum absolute atomic E-state index is 0.344. The molecule has 4 rings (SSSR count). The van der Waals surface area contributed by atoms with Crippen LogP contribution in [0.3, 0.4) is 0 Å². The van der Waals surface area contributed by atoms with Crippen LogP contribution in [-0.2, 0) is 16.0 Å². The van der Waals surface area contributed by atoms with E-state index in [0.29, 0.717) is 42.5 Å². The van der Waals surface area contributed by atoms with E-state index in [1.54, 1.807) is 7.11 Å². The van der Waals surface area contributed by atoms with Crippen LogP contribution in [-0.4, -0.2) is 49.2 Å². The summed E-state index contributed by atoms with van der Waals surface area (Å²) in [6, 6.07) is 20.4. The number of hydrogen-bond acceptors (Lipinski definition) is 6. The van der Waals surface area contributed by atoms with Crippen molar-refractivity contribution < 1.29 is 9.53 Å². The molecule has 2 heterocycles. The molecular weight excluding hydrogens is 426 g/mol. The van der Waals surface area contributed by atoms with Gasteiger partial charge in [0.25, 0.3) is 0 Å². The van der Waals surface area contributed by atoms with Crippen LogP contribution in [0.1, 0.15) is 36.4 Å². The van der Waals surface area contributed by atoms with Crippen molar-refractivity contribution in [3.63, 3.8) is 0 Å². The first-order valence-corrected chi connectivity index (χ1v) is 11.9. The maximum atomic E-state index is 12.9. The Labute approximate surface area is 200 Å². The van der Waals surface area contributed by atoms with Crippen molar-refractivity contribution in [3.05, 3.63) is 65.9 Å². The van der Waals surface area contributed by atoms with Crippen molar-refractivity contribution >= 4 is 22.8 Å². The lowest BCUT2D eigenvalue weighted by Crippen LogP contribution is -2.37. The van der Waals surface area contributed by atoms with Gasteiger partial charge in [-0.1, -0.05) is 42.5 Å². The van der Waals surface area contributed by atoms with Crippen LogP contribution in [0.2, 0.25) is 0 Å². The van der Waals surface area contributed by atoms with Gasteiger partial charge in [-0.3, -0.25) is 4.79 Å². The van der Waals surface area contributed by atoms with Gasteiger partial charge in [0.1, 0.15) is 5.69 Å². The number of aromatic nitrogens is 2. The van der Waals surface area contributed by atoms with Crippen molar-refractivity contribution in [1.82, 2.24) is 15.3 Å². The van der Waals surface area contributed by atoms with Gasteiger partial charge >= 0.3 is 0 Å². The third-order valence-corrected chi connectivity index (χ3v) is 6.35. The van der Waals surface area contributed by atoms with Crippen molar-refractivity contribution in [1.29, 1.82) is 5.26 Å². The molecule has 1 amide bonds. The molecule has 1 fully saturated rings. The Morgan fingerprint density at radius 1 is 1.12 bits per heavy atom. The Balaban J connectivity index is 1.55. The van der Waals surface area contributed by atoms with Crippen LogP contribution >= 0.6 is 0 Å². The number of rotatable bonds is 9. The van der Waals surface area contributed by atoms with Gasteiger partial charge in [0, 0.05) is 33.4 Å². The molecule has 3 aromatic rings. The largest absolute Gasteiger partial charge is 0.385 e. The molecule has 1 saturated heterocycles. The van der Waals surface area contributed by atoms with Gasteiger partial charge in [0.2, 0.25) is 5.91 Å². The molecule has 7 heteroatoms. The number of ether oxygens (including phenoxy) is 1. The van der Waals surface area contributed by atoms with Crippen LogP contribution in [0, 0.1) is 17.2 Å². The van der Waals surface area contributed by atoms with E-state index in [-0.39, 0.29) is 5.91 Å². The normalized spacial score (nSPS) is 15.1. The average molecular weight is 458 g/mol. The predicted octanol–water partition coefficient (Wildman–Crippen LogP) is 3.85. The molecule has 176 valence electrons. The van der Waals surface area contributed by atoms with E-state index in [1.165, 1.54) is 5.56 Å². The molecule has 0 saturated carbocycles. The first kappa shape index (κ1) is 23.7. The summed E-state index contributed by atoms with van der Waals surface area (Å²) in [6.07, 6.45) is 3.81. The zero-order valence-electron chi connectivity index (χ0n) is 19.6. The highest BCUT2D eigenvalue weighted by atomic mass is 16.5. The van der Waals surface area contributed by atoms with E-state index >= 15 is 0 Å². The highest BCUT2D eigenvalue weighted by Crippen LogP contribution is 2.31. The predicted molar refractivity (Wildman–Crippen MR) is 132 cm³/mol. The number of nitrogens with one attached hydrogen (secondary N) is 1. The average Bonchev–Trinajstić information content (AvgIpc) is 2.88. The number of anilines is 1. The summed E-state index contributed by atoms with van der Waals surface area (Å²) in [4.78, 5) is 24.7.